The lowest BCUT2D eigenvalue weighted by Gasteiger charge is -2.25. The number of nitriles is 2. The Morgan fingerprint density at radius 2 is 1.88 bits per heavy atom. The molecule has 0 aliphatic heterocycles. The first-order valence-electron chi connectivity index (χ1n) is 7.52. The molecule has 0 N–H and O–H groups in total. The average Bonchev–Trinajstić information content (AvgIpc) is 2.54. The van der Waals surface area contributed by atoms with Gasteiger partial charge in [0.25, 0.3) is 0 Å². The number of sulfonamides is 1. The molecule has 6 heteroatoms. The van der Waals surface area contributed by atoms with E-state index in [1.807, 2.05) is 19.1 Å². The highest BCUT2D eigenvalue weighted by molar-refractivity contribution is 7.89. The number of benzene rings is 1. The van der Waals surface area contributed by atoms with Crippen LogP contribution in [0.25, 0.3) is 0 Å². The molecule has 0 aliphatic carbocycles. The zero-order valence-electron chi connectivity index (χ0n) is 14.1. The van der Waals surface area contributed by atoms with Gasteiger partial charge in [0, 0.05) is 18.2 Å². The maximum Gasteiger partial charge on any atom is 0.243 e. The van der Waals surface area contributed by atoms with Crippen LogP contribution >= 0.6 is 0 Å². The summed E-state index contributed by atoms with van der Waals surface area (Å²) in [6.45, 7) is 5.39. The standard InChI is InChI=1S/C18H21N3O2S/c1-15-7-9-18(10-8-15)24(22,23)21(12-6-4-5-11-19)17(3)13-16(2)14-20/h4,6-10,13,17H,5,12H2,1-3H3/b6-4+,16-13+. The molecule has 0 heterocycles. The molecule has 126 valence electrons. The fraction of sp³-hybridized carbons (Fsp3) is 0.333. The summed E-state index contributed by atoms with van der Waals surface area (Å²) in [7, 11) is -3.71. The molecule has 24 heavy (non-hydrogen) atoms. The zero-order chi connectivity index (χ0) is 18.2. The Balaban J connectivity index is 3.22. The molecule has 0 saturated carbocycles. The SMILES string of the molecule is C/C(C#N)=C\C(C)N(C/C=C/CC#N)S(=O)(=O)c1ccc(C)cc1. The van der Waals surface area contributed by atoms with Crippen molar-refractivity contribution in [3.05, 3.63) is 53.6 Å². The van der Waals surface area contributed by atoms with Crippen molar-refractivity contribution < 1.29 is 8.42 Å². The predicted molar refractivity (Wildman–Crippen MR) is 93.3 cm³/mol. The molecule has 1 rings (SSSR count). The van der Waals surface area contributed by atoms with Gasteiger partial charge < -0.3 is 0 Å². The Bertz CT molecular complexity index is 794. The minimum Gasteiger partial charge on any atom is -0.207 e. The smallest absolute Gasteiger partial charge is 0.207 e. The van der Waals surface area contributed by atoms with Crippen molar-refractivity contribution in [3.8, 4) is 12.1 Å². The van der Waals surface area contributed by atoms with Crippen molar-refractivity contribution in [2.45, 2.75) is 38.1 Å². The molecule has 1 atom stereocenters. The monoisotopic (exact) mass is 343 g/mol. The first kappa shape index (κ1) is 19.6. The summed E-state index contributed by atoms with van der Waals surface area (Å²) in [6, 6.07) is 10.1. The molecule has 0 amide bonds. The van der Waals surface area contributed by atoms with Crippen molar-refractivity contribution in [3.63, 3.8) is 0 Å². The molecule has 0 aromatic heterocycles. The summed E-state index contributed by atoms with van der Waals surface area (Å²) in [5.74, 6) is 0. The lowest BCUT2D eigenvalue weighted by molar-refractivity contribution is 0.407. The second-order valence-electron chi connectivity index (χ2n) is 5.42. The van der Waals surface area contributed by atoms with Crippen LogP contribution in [0, 0.1) is 29.6 Å². The Kier molecular flexibility index (Phi) is 7.38. The minimum absolute atomic E-state index is 0.133. The van der Waals surface area contributed by atoms with E-state index in [2.05, 4.69) is 0 Å². The van der Waals surface area contributed by atoms with Gasteiger partial charge in [-0.2, -0.15) is 14.8 Å². The van der Waals surface area contributed by atoms with Crippen molar-refractivity contribution in [1.29, 1.82) is 10.5 Å². The quantitative estimate of drug-likeness (QED) is 0.561. The van der Waals surface area contributed by atoms with E-state index in [9.17, 15) is 8.42 Å². The summed E-state index contributed by atoms with van der Waals surface area (Å²) in [5, 5.41) is 17.5. The van der Waals surface area contributed by atoms with Gasteiger partial charge in [-0.15, -0.1) is 0 Å². The second kappa shape index (κ2) is 9.02. The zero-order valence-corrected chi connectivity index (χ0v) is 14.9. The van der Waals surface area contributed by atoms with Crippen molar-refractivity contribution in [2.24, 2.45) is 0 Å². The van der Waals surface area contributed by atoms with Gasteiger partial charge in [-0.1, -0.05) is 35.9 Å². The summed E-state index contributed by atoms with van der Waals surface area (Å²) >= 11 is 0. The Morgan fingerprint density at radius 1 is 1.25 bits per heavy atom. The van der Waals surface area contributed by atoms with Crippen LogP contribution in [0.2, 0.25) is 0 Å². The fourth-order valence-corrected chi connectivity index (χ4v) is 3.66. The largest absolute Gasteiger partial charge is 0.243 e. The molecule has 0 aliphatic rings. The lowest BCUT2D eigenvalue weighted by Crippen LogP contribution is -2.38. The van der Waals surface area contributed by atoms with E-state index < -0.39 is 16.1 Å². The molecule has 0 bridgehead atoms. The third-order valence-corrected chi connectivity index (χ3v) is 5.38. The van der Waals surface area contributed by atoms with E-state index in [1.165, 1.54) is 4.31 Å². The molecule has 0 radical (unpaired) electrons. The molecule has 1 aromatic carbocycles. The van der Waals surface area contributed by atoms with Gasteiger partial charge in [0.15, 0.2) is 0 Å². The van der Waals surface area contributed by atoms with Gasteiger partial charge in [0.05, 0.1) is 23.5 Å². The number of allylic oxidation sites excluding steroid dienone is 2. The van der Waals surface area contributed by atoms with Crippen LogP contribution in [0.4, 0.5) is 0 Å². The first-order chi connectivity index (χ1) is 11.3. The van der Waals surface area contributed by atoms with Crippen LogP contribution in [0.5, 0.6) is 0 Å². The Hall–Kier alpha value is -2.41. The predicted octanol–water partition coefficient (Wildman–Crippen LogP) is 3.31. The van der Waals surface area contributed by atoms with Crippen molar-refractivity contribution in [1.82, 2.24) is 4.31 Å². The van der Waals surface area contributed by atoms with E-state index >= 15 is 0 Å². The molecule has 5 nitrogen and oxygen atoms in total. The van der Waals surface area contributed by atoms with Gasteiger partial charge in [-0.3, -0.25) is 0 Å². The Labute approximate surface area is 144 Å². The minimum atomic E-state index is -3.71. The highest BCUT2D eigenvalue weighted by Crippen LogP contribution is 2.20. The third kappa shape index (κ3) is 5.34. The topological polar surface area (TPSA) is 85.0 Å². The summed E-state index contributed by atoms with van der Waals surface area (Å²) in [4.78, 5) is 0.205. The van der Waals surface area contributed by atoms with Crippen LogP contribution in [-0.4, -0.2) is 25.3 Å². The van der Waals surface area contributed by atoms with Crippen LogP contribution in [0.1, 0.15) is 25.8 Å². The van der Waals surface area contributed by atoms with E-state index in [1.54, 1.807) is 56.3 Å². The average molecular weight is 343 g/mol. The van der Waals surface area contributed by atoms with Crippen LogP contribution in [-0.2, 0) is 10.0 Å². The number of hydrogen-bond acceptors (Lipinski definition) is 4. The number of hydrogen-bond donors (Lipinski definition) is 0. The molecule has 1 unspecified atom stereocenters. The number of nitrogens with zero attached hydrogens (tertiary/aromatic N) is 3. The summed E-state index contributed by atoms with van der Waals surface area (Å²) in [5.41, 5.74) is 1.43. The fourth-order valence-electron chi connectivity index (χ4n) is 2.13. The summed E-state index contributed by atoms with van der Waals surface area (Å²) < 4.78 is 27.2. The summed E-state index contributed by atoms with van der Waals surface area (Å²) in [6.07, 6.45) is 5.12. The second-order valence-corrected chi connectivity index (χ2v) is 7.31. The van der Waals surface area contributed by atoms with E-state index in [-0.39, 0.29) is 17.9 Å². The van der Waals surface area contributed by atoms with E-state index in [0.29, 0.717) is 5.57 Å². The number of aryl methyl sites for hydroxylation is 1. The first-order valence-corrected chi connectivity index (χ1v) is 8.96. The molecule has 0 fully saturated rings. The van der Waals surface area contributed by atoms with Crippen LogP contribution in [0.15, 0.2) is 53.0 Å². The van der Waals surface area contributed by atoms with Crippen LogP contribution in [0.3, 0.4) is 0 Å². The molecular formula is C18H21N3O2S. The molecular weight excluding hydrogens is 322 g/mol. The van der Waals surface area contributed by atoms with Gasteiger partial charge >= 0.3 is 0 Å². The highest BCUT2D eigenvalue weighted by atomic mass is 32.2. The van der Waals surface area contributed by atoms with E-state index in [4.69, 9.17) is 10.5 Å². The molecule has 1 aromatic rings. The van der Waals surface area contributed by atoms with Crippen molar-refractivity contribution >= 4 is 10.0 Å². The highest BCUT2D eigenvalue weighted by Gasteiger charge is 2.27. The maximum atomic E-state index is 12.9. The number of rotatable bonds is 7. The van der Waals surface area contributed by atoms with Gasteiger partial charge in [-0.25, -0.2) is 8.42 Å². The van der Waals surface area contributed by atoms with Crippen molar-refractivity contribution in [2.75, 3.05) is 6.54 Å². The Morgan fingerprint density at radius 3 is 2.42 bits per heavy atom. The molecule has 0 saturated heterocycles. The maximum absolute atomic E-state index is 12.9. The third-order valence-electron chi connectivity index (χ3n) is 3.41. The lowest BCUT2D eigenvalue weighted by atomic mass is 10.2. The van der Waals surface area contributed by atoms with Gasteiger partial charge in [0.2, 0.25) is 10.0 Å². The van der Waals surface area contributed by atoms with Gasteiger partial charge in [0.1, 0.15) is 0 Å². The van der Waals surface area contributed by atoms with E-state index in [0.717, 1.165) is 5.56 Å². The van der Waals surface area contributed by atoms with Crippen LogP contribution < -0.4 is 0 Å². The normalized spacial score (nSPS) is 13.7. The molecule has 0 spiro atoms. The van der Waals surface area contributed by atoms with Gasteiger partial charge in [-0.05, 0) is 32.9 Å².